The molecule has 0 aromatic carbocycles. The third-order valence-electron chi connectivity index (χ3n) is 0. The SMILES string of the molecule is O=[N+]([O-])[O-].[Cu].[NH4+]. The van der Waals surface area contributed by atoms with Crippen molar-refractivity contribution in [2.45, 2.75) is 0 Å². The molecule has 0 aliphatic carbocycles. The van der Waals surface area contributed by atoms with Crippen LogP contribution in [0.2, 0.25) is 0 Å². The Morgan fingerprint density at radius 3 is 1.33 bits per heavy atom. The van der Waals surface area contributed by atoms with Crippen molar-refractivity contribution in [3.05, 3.63) is 15.3 Å². The van der Waals surface area contributed by atoms with Crippen LogP contribution in [0.15, 0.2) is 0 Å². The average molecular weight is 144 g/mol. The molecule has 6 heteroatoms. The maximum Gasteiger partial charge on any atom is 0.0689 e. The molecule has 0 saturated carbocycles. The van der Waals surface area contributed by atoms with Crippen LogP contribution >= 0.6 is 0 Å². The molecule has 0 aliphatic heterocycles. The molecule has 0 aliphatic rings. The summed E-state index contributed by atoms with van der Waals surface area (Å²) in [5.41, 5.74) is 0. The Labute approximate surface area is 44.5 Å². The van der Waals surface area contributed by atoms with Gasteiger partial charge in [0.15, 0.2) is 0 Å². The van der Waals surface area contributed by atoms with E-state index in [-0.39, 0.29) is 23.2 Å². The Hall–Kier alpha value is -0.321. The average Bonchev–Trinajstić information content (AvgIpc) is 0.811. The maximum absolute atomic E-state index is 8.25. The number of rotatable bonds is 0. The number of hydrogen-bond donors (Lipinski definition) is 1. The number of hydrogen-bond acceptors (Lipinski definition) is 3. The van der Waals surface area contributed by atoms with E-state index in [0.717, 1.165) is 0 Å². The zero-order valence-corrected chi connectivity index (χ0v) is 3.92. The second kappa shape index (κ2) is 8.82. The molecule has 4 N–H and O–H groups in total. The van der Waals surface area contributed by atoms with E-state index in [4.69, 9.17) is 15.3 Å². The van der Waals surface area contributed by atoms with E-state index in [0.29, 0.717) is 0 Å². The van der Waals surface area contributed by atoms with Gasteiger partial charge in [0.25, 0.3) is 0 Å². The first-order valence-corrected chi connectivity index (χ1v) is 0.548. The third-order valence-corrected chi connectivity index (χ3v) is 0. The van der Waals surface area contributed by atoms with Gasteiger partial charge in [0.2, 0.25) is 0 Å². The first-order valence-electron chi connectivity index (χ1n) is 0.548. The van der Waals surface area contributed by atoms with Gasteiger partial charge in [0, 0.05) is 17.1 Å². The molecule has 0 atom stereocenters. The van der Waals surface area contributed by atoms with Crippen LogP contribution in [0.25, 0.3) is 0 Å². The summed E-state index contributed by atoms with van der Waals surface area (Å²) >= 11 is 0. The summed E-state index contributed by atoms with van der Waals surface area (Å²) in [5.74, 6) is 0. The first kappa shape index (κ1) is 17.3. The molecular weight excluding hydrogens is 140 g/mol. The molecule has 0 amide bonds. The first-order chi connectivity index (χ1) is 1.73. The van der Waals surface area contributed by atoms with Crippen LogP contribution in [0.4, 0.5) is 0 Å². The van der Waals surface area contributed by atoms with E-state index in [1.807, 2.05) is 0 Å². The molecule has 5 nitrogen and oxygen atoms in total. The smallest absolute Gasteiger partial charge is 0.0689 e. The summed E-state index contributed by atoms with van der Waals surface area (Å²) in [6.45, 7) is 0. The van der Waals surface area contributed by atoms with Crippen LogP contribution in [0.3, 0.4) is 0 Å². The summed E-state index contributed by atoms with van der Waals surface area (Å²) < 4.78 is 0. The monoisotopic (exact) mass is 143 g/mol. The zero-order chi connectivity index (χ0) is 3.58. The summed E-state index contributed by atoms with van der Waals surface area (Å²) in [6.07, 6.45) is 0. The van der Waals surface area contributed by atoms with Gasteiger partial charge in [0.05, 0.1) is 5.09 Å². The van der Waals surface area contributed by atoms with Crippen molar-refractivity contribution in [2.75, 3.05) is 0 Å². The van der Waals surface area contributed by atoms with Crippen LogP contribution in [-0.4, -0.2) is 5.09 Å². The molecule has 0 aromatic rings. The summed E-state index contributed by atoms with van der Waals surface area (Å²) in [6, 6.07) is 0. The van der Waals surface area contributed by atoms with Gasteiger partial charge in [-0.25, -0.2) is 0 Å². The summed E-state index contributed by atoms with van der Waals surface area (Å²) in [7, 11) is 0. The predicted octanol–water partition coefficient (Wildman–Crippen LogP) is 0.135. The van der Waals surface area contributed by atoms with Gasteiger partial charge < -0.3 is 21.5 Å². The van der Waals surface area contributed by atoms with Crippen molar-refractivity contribution in [3.63, 3.8) is 0 Å². The molecule has 0 saturated heterocycles. The second-order valence-corrected chi connectivity index (χ2v) is 0.224. The molecule has 0 heterocycles. The van der Waals surface area contributed by atoms with Crippen molar-refractivity contribution in [3.8, 4) is 0 Å². The molecule has 0 bridgehead atoms. The van der Waals surface area contributed by atoms with Gasteiger partial charge in [-0.15, -0.1) is 0 Å². The Morgan fingerprint density at radius 2 is 1.33 bits per heavy atom. The van der Waals surface area contributed by atoms with Gasteiger partial charge in [-0.3, -0.25) is 0 Å². The Morgan fingerprint density at radius 1 is 1.33 bits per heavy atom. The fourth-order valence-corrected chi connectivity index (χ4v) is 0. The van der Waals surface area contributed by atoms with Gasteiger partial charge in [-0.05, 0) is 0 Å². The minimum absolute atomic E-state index is 0. The van der Waals surface area contributed by atoms with Crippen molar-refractivity contribution in [1.82, 2.24) is 6.15 Å². The molecule has 43 valence electrons. The van der Waals surface area contributed by atoms with Crippen LogP contribution in [-0.2, 0) is 17.1 Å². The van der Waals surface area contributed by atoms with Crippen LogP contribution in [0.5, 0.6) is 0 Å². The van der Waals surface area contributed by atoms with Crippen molar-refractivity contribution < 1.29 is 22.2 Å². The third kappa shape index (κ3) is 257. The van der Waals surface area contributed by atoms with E-state index in [1.54, 1.807) is 0 Å². The fourth-order valence-electron chi connectivity index (χ4n) is 0. The van der Waals surface area contributed by atoms with Crippen LogP contribution in [0.1, 0.15) is 0 Å². The maximum atomic E-state index is 8.25. The minimum atomic E-state index is -1.75. The molecule has 0 spiro atoms. The summed E-state index contributed by atoms with van der Waals surface area (Å²) in [5, 5.41) is 14.8. The number of nitrogens with zero attached hydrogens (tertiary/aromatic N) is 1. The number of quaternary nitrogens is 1. The topological polar surface area (TPSA) is 103 Å². The summed E-state index contributed by atoms with van der Waals surface area (Å²) in [4.78, 5) is 8.25. The molecule has 1 radical (unpaired) electrons. The van der Waals surface area contributed by atoms with Crippen LogP contribution in [0, 0.1) is 15.3 Å². The van der Waals surface area contributed by atoms with Crippen molar-refractivity contribution in [2.24, 2.45) is 0 Å². The Bertz CT molecular complexity index is 31.8. The van der Waals surface area contributed by atoms with Crippen molar-refractivity contribution >= 4 is 0 Å². The van der Waals surface area contributed by atoms with E-state index >= 15 is 0 Å². The quantitative estimate of drug-likeness (QED) is 0.296. The van der Waals surface area contributed by atoms with Crippen molar-refractivity contribution in [1.29, 1.82) is 0 Å². The molecule has 6 heavy (non-hydrogen) atoms. The van der Waals surface area contributed by atoms with E-state index < -0.39 is 5.09 Å². The van der Waals surface area contributed by atoms with Gasteiger partial charge in [-0.2, -0.15) is 0 Å². The van der Waals surface area contributed by atoms with Gasteiger partial charge in [-0.1, -0.05) is 0 Å². The normalized spacial score (nSPS) is 4.00. The van der Waals surface area contributed by atoms with E-state index in [9.17, 15) is 0 Å². The minimum Gasteiger partial charge on any atom is -0.369 e. The molecule has 0 unspecified atom stereocenters. The van der Waals surface area contributed by atoms with E-state index in [2.05, 4.69) is 0 Å². The van der Waals surface area contributed by atoms with Gasteiger partial charge >= 0.3 is 0 Å². The zero-order valence-electron chi connectivity index (χ0n) is 2.97. The Balaban J connectivity index is -0.0000000450. The van der Waals surface area contributed by atoms with E-state index in [1.165, 1.54) is 0 Å². The predicted molar refractivity (Wildman–Crippen MR) is 16.3 cm³/mol. The molecule has 0 rings (SSSR count). The Kier molecular flexibility index (Phi) is 25.5. The van der Waals surface area contributed by atoms with Gasteiger partial charge in [0.1, 0.15) is 0 Å². The molecular formula is H4CuN2O3. The van der Waals surface area contributed by atoms with Crippen LogP contribution < -0.4 is 6.15 Å². The fraction of sp³-hybridized carbons (Fsp3) is 0. The standard InChI is InChI=1S/Cu.NO3.H3N/c;2-1(3)4;/h;;1H3/q;-1;/p+1. The molecule has 0 aromatic heterocycles. The second-order valence-electron chi connectivity index (χ2n) is 0.224. The largest absolute Gasteiger partial charge is 0.369 e. The molecule has 0 fully saturated rings.